The lowest BCUT2D eigenvalue weighted by Gasteiger charge is -2.13. The number of anilines is 3. The van der Waals surface area contributed by atoms with Crippen molar-refractivity contribution in [3.05, 3.63) is 108 Å². The third-order valence-corrected chi connectivity index (χ3v) is 7.10. The predicted molar refractivity (Wildman–Crippen MR) is 149 cm³/mol. The van der Waals surface area contributed by atoms with Crippen LogP contribution in [0.4, 0.5) is 25.8 Å². The largest absolute Gasteiger partial charge is 0.452 e. The number of alkyl halides is 2. The Morgan fingerprint density at radius 2 is 1.45 bits per heavy atom. The van der Waals surface area contributed by atoms with Gasteiger partial charge in [-0.2, -0.15) is 8.78 Å². The quantitative estimate of drug-likeness (QED) is 0.147. The number of carbonyl (C=O) groups is 2. The van der Waals surface area contributed by atoms with E-state index in [4.69, 9.17) is 16.3 Å². The second-order valence-electron chi connectivity index (χ2n) is 7.75. The fourth-order valence-corrected chi connectivity index (χ4v) is 4.86. The maximum absolute atomic E-state index is 12.8. The molecule has 10 heteroatoms. The van der Waals surface area contributed by atoms with Gasteiger partial charge in [0.05, 0.1) is 16.9 Å². The zero-order valence-corrected chi connectivity index (χ0v) is 22.1. The van der Waals surface area contributed by atoms with Crippen LogP contribution in [0.2, 0.25) is 5.02 Å². The lowest BCUT2D eigenvalue weighted by molar-refractivity contribution is -0.119. The van der Waals surface area contributed by atoms with Gasteiger partial charge in [0.1, 0.15) is 0 Å². The molecular weight excluding hydrogens is 550 g/mol. The van der Waals surface area contributed by atoms with Crippen molar-refractivity contribution in [2.24, 2.45) is 0 Å². The van der Waals surface area contributed by atoms with Gasteiger partial charge in [-0.15, -0.1) is 0 Å². The molecule has 0 spiro atoms. The van der Waals surface area contributed by atoms with Crippen LogP contribution in [0.25, 0.3) is 0 Å². The Bertz CT molecular complexity index is 1400. The summed E-state index contributed by atoms with van der Waals surface area (Å²) < 4.78 is 30.4. The minimum atomic E-state index is -2.50. The Kier molecular flexibility index (Phi) is 9.64. The van der Waals surface area contributed by atoms with Crippen LogP contribution in [0.3, 0.4) is 0 Å². The molecule has 0 aromatic heterocycles. The normalized spacial score (nSPS) is 10.7. The van der Waals surface area contributed by atoms with E-state index in [0.29, 0.717) is 38.7 Å². The summed E-state index contributed by atoms with van der Waals surface area (Å²) in [6.45, 7) is -0.480. The lowest BCUT2D eigenvalue weighted by Crippen LogP contribution is -2.21. The molecule has 0 aliphatic heterocycles. The van der Waals surface area contributed by atoms with Crippen LogP contribution in [0.15, 0.2) is 112 Å². The van der Waals surface area contributed by atoms with E-state index >= 15 is 0 Å². The van der Waals surface area contributed by atoms with Gasteiger partial charge in [-0.05, 0) is 72.8 Å². The van der Waals surface area contributed by atoms with Crippen LogP contribution >= 0.6 is 35.1 Å². The van der Waals surface area contributed by atoms with E-state index in [2.05, 4.69) is 10.6 Å². The van der Waals surface area contributed by atoms with Crippen LogP contribution in [0.1, 0.15) is 10.4 Å². The molecular formula is C28H21ClF2N2O3S2. The molecule has 2 N–H and O–H groups in total. The average molecular weight is 571 g/mol. The van der Waals surface area contributed by atoms with E-state index < -0.39 is 24.2 Å². The predicted octanol–water partition coefficient (Wildman–Crippen LogP) is 8.35. The van der Waals surface area contributed by atoms with Crippen molar-refractivity contribution in [1.29, 1.82) is 0 Å². The first kappa shape index (κ1) is 27.5. The highest BCUT2D eigenvalue weighted by Gasteiger charge is 2.16. The molecule has 4 aromatic carbocycles. The fourth-order valence-electron chi connectivity index (χ4n) is 3.33. The summed E-state index contributed by atoms with van der Waals surface area (Å²) in [7, 11) is 0. The van der Waals surface area contributed by atoms with Gasteiger partial charge in [-0.1, -0.05) is 59.4 Å². The molecule has 4 aromatic rings. The molecule has 0 saturated carbocycles. The standard InChI is InChI=1S/C28H21ClF2N2O3S2/c29-18-9-13-20(14-10-18)37-25-8-4-3-7-24(25)33-26(34)17-36-27(35)22-5-1-2-6-23(22)32-19-11-15-21(16-12-19)38-28(30)31/h1-16,28,32H,17H2,(H,33,34). The third-order valence-electron chi connectivity index (χ3n) is 5.04. The van der Waals surface area contributed by atoms with Gasteiger partial charge in [0.25, 0.3) is 11.7 Å². The number of hydrogen-bond donors (Lipinski definition) is 2. The van der Waals surface area contributed by atoms with Crippen LogP contribution in [0.5, 0.6) is 0 Å². The summed E-state index contributed by atoms with van der Waals surface area (Å²) in [5.74, 6) is -3.67. The van der Waals surface area contributed by atoms with E-state index in [9.17, 15) is 18.4 Å². The zero-order valence-electron chi connectivity index (χ0n) is 19.7. The molecule has 194 valence electrons. The molecule has 0 unspecified atom stereocenters. The first-order valence-corrected chi connectivity index (χ1v) is 13.3. The van der Waals surface area contributed by atoms with E-state index in [0.717, 1.165) is 9.79 Å². The summed E-state index contributed by atoms with van der Waals surface area (Å²) in [5, 5.41) is 6.51. The maximum atomic E-state index is 12.8. The number of rotatable bonds is 10. The molecule has 0 aliphatic carbocycles. The van der Waals surface area contributed by atoms with Crippen molar-refractivity contribution in [2.45, 2.75) is 20.4 Å². The number of nitrogens with one attached hydrogen (secondary N) is 2. The summed E-state index contributed by atoms with van der Waals surface area (Å²) in [6, 6.07) is 27.7. The number of hydrogen-bond acceptors (Lipinski definition) is 6. The number of thioether (sulfide) groups is 1. The highest BCUT2D eigenvalue weighted by atomic mass is 35.5. The minimum Gasteiger partial charge on any atom is -0.452 e. The van der Waals surface area contributed by atoms with E-state index in [-0.39, 0.29) is 5.56 Å². The van der Waals surface area contributed by atoms with Gasteiger partial charge in [0, 0.05) is 25.4 Å². The summed E-state index contributed by atoms with van der Waals surface area (Å²) >= 11 is 7.87. The van der Waals surface area contributed by atoms with E-state index in [1.807, 2.05) is 24.3 Å². The van der Waals surface area contributed by atoms with Crippen molar-refractivity contribution in [1.82, 2.24) is 0 Å². The third kappa shape index (κ3) is 7.98. The monoisotopic (exact) mass is 570 g/mol. The van der Waals surface area contributed by atoms with E-state index in [1.54, 1.807) is 72.8 Å². The second kappa shape index (κ2) is 13.3. The first-order chi connectivity index (χ1) is 18.4. The summed E-state index contributed by atoms with van der Waals surface area (Å²) in [6.07, 6.45) is 0. The van der Waals surface area contributed by atoms with Crippen molar-refractivity contribution >= 4 is 64.1 Å². The number of amides is 1. The summed E-state index contributed by atoms with van der Waals surface area (Å²) in [4.78, 5) is 27.6. The number of halogens is 3. The SMILES string of the molecule is O=C(COC(=O)c1ccccc1Nc1ccc(SC(F)F)cc1)Nc1ccccc1Sc1ccc(Cl)cc1. The maximum Gasteiger partial charge on any atom is 0.340 e. The lowest BCUT2D eigenvalue weighted by atomic mass is 10.1. The van der Waals surface area contributed by atoms with Crippen molar-refractivity contribution < 1.29 is 23.1 Å². The first-order valence-electron chi connectivity index (χ1n) is 11.3. The number of carbonyl (C=O) groups excluding carboxylic acids is 2. The number of esters is 1. The summed E-state index contributed by atoms with van der Waals surface area (Å²) in [5.41, 5.74) is 1.88. The topological polar surface area (TPSA) is 67.4 Å². The van der Waals surface area contributed by atoms with Gasteiger partial charge in [0.15, 0.2) is 6.61 Å². The molecule has 0 radical (unpaired) electrons. The van der Waals surface area contributed by atoms with Crippen LogP contribution in [-0.4, -0.2) is 24.2 Å². The molecule has 1 amide bonds. The highest BCUT2D eigenvalue weighted by Crippen LogP contribution is 2.34. The Morgan fingerprint density at radius 1 is 0.816 bits per heavy atom. The Labute approximate surface area is 231 Å². The van der Waals surface area contributed by atoms with Gasteiger partial charge in [-0.3, -0.25) is 4.79 Å². The van der Waals surface area contributed by atoms with Crippen molar-refractivity contribution in [3.63, 3.8) is 0 Å². The second-order valence-corrected chi connectivity index (χ2v) is 10.4. The molecule has 5 nitrogen and oxygen atoms in total. The van der Waals surface area contributed by atoms with Crippen LogP contribution in [0, 0.1) is 0 Å². The molecule has 38 heavy (non-hydrogen) atoms. The number of ether oxygens (including phenoxy) is 1. The Balaban J connectivity index is 1.36. The average Bonchev–Trinajstić information content (AvgIpc) is 2.91. The van der Waals surface area contributed by atoms with Gasteiger partial charge >= 0.3 is 5.97 Å². The molecule has 0 atom stereocenters. The number of benzene rings is 4. The molecule has 0 heterocycles. The molecule has 0 aliphatic rings. The molecule has 0 bridgehead atoms. The smallest absolute Gasteiger partial charge is 0.340 e. The molecule has 0 fully saturated rings. The van der Waals surface area contributed by atoms with Crippen molar-refractivity contribution in [3.8, 4) is 0 Å². The molecule has 0 saturated heterocycles. The minimum absolute atomic E-state index is 0.227. The fraction of sp³-hybridized carbons (Fsp3) is 0.0714. The van der Waals surface area contributed by atoms with Crippen LogP contribution in [-0.2, 0) is 9.53 Å². The zero-order chi connectivity index (χ0) is 26.9. The number of para-hydroxylation sites is 2. The Morgan fingerprint density at radius 3 is 2.16 bits per heavy atom. The van der Waals surface area contributed by atoms with Gasteiger partial charge in [-0.25, -0.2) is 4.79 Å². The van der Waals surface area contributed by atoms with Crippen LogP contribution < -0.4 is 10.6 Å². The highest BCUT2D eigenvalue weighted by molar-refractivity contribution is 7.99. The molecule has 4 rings (SSSR count). The van der Waals surface area contributed by atoms with Gasteiger partial charge in [0.2, 0.25) is 0 Å². The Hall–Kier alpha value is -3.53. The van der Waals surface area contributed by atoms with Gasteiger partial charge < -0.3 is 15.4 Å². The van der Waals surface area contributed by atoms with Crippen molar-refractivity contribution in [2.75, 3.05) is 17.2 Å². The van der Waals surface area contributed by atoms with E-state index in [1.165, 1.54) is 11.8 Å².